The van der Waals surface area contributed by atoms with E-state index in [1.807, 2.05) is 30.3 Å². The lowest BCUT2D eigenvalue weighted by molar-refractivity contribution is 0.477. The summed E-state index contributed by atoms with van der Waals surface area (Å²) in [5, 5.41) is 12.8. The summed E-state index contributed by atoms with van der Waals surface area (Å²) in [6, 6.07) is 17.3. The molecule has 0 aliphatic heterocycles. The molecule has 0 bridgehead atoms. The van der Waals surface area contributed by atoms with Gasteiger partial charge in [-0.2, -0.15) is 0 Å². The van der Waals surface area contributed by atoms with Gasteiger partial charge in [0.2, 0.25) is 0 Å². The maximum atomic E-state index is 10.1. The van der Waals surface area contributed by atoms with Gasteiger partial charge in [0.15, 0.2) is 0 Å². The van der Waals surface area contributed by atoms with Gasteiger partial charge in [-0.15, -0.1) is 0 Å². The molecule has 0 aromatic heterocycles. The van der Waals surface area contributed by atoms with Crippen molar-refractivity contribution in [3.05, 3.63) is 64.1 Å². The number of benzene rings is 3. The average molecular weight is 334 g/mol. The van der Waals surface area contributed by atoms with Crippen LogP contribution in [0.15, 0.2) is 59.1 Å². The molecule has 1 N–H and O–H groups in total. The maximum Gasteiger partial charge on any atom is 0.124 e. The molecule has 0 atom stereocenters. The van der Waals surface area contributed by atoms with Crippen molar-refractivity contribution in [2.24, 2.45) is 0 Å². The zero-order valence-electron chi connectivity index (χ0n) is 9.90. The van der Waals surface area contributed by atoms with Gasteiger partial charge in [-0.05, 0) is 35.2 Å². The lowest BCUT2D eigenvalue weighted by Gasteiger charge is -2.10. The molecular formula is C16H10BrClO. The van der Waals surface area contributed by atoms with Gasteiger partial charge in [0.1, 0.15) is 5.75 Å². The first kappa shape index (κ1) is 12.5. The zero-order chi connectivity index (χ0) is 13.4. The molecule has 3 heteroatoms. The topological polar surface area (TPSA) is 20.2 Å². The molecule has 0 radical (unpaired) electrons. The van der Waals surface area contributed by atoms with E-state index in [0.717, 1.165) is 26.4 Å². The van der Waals surface area contributed by atoms with Gasteiger partial charge in [0, 0.05) is 20.4 Å². The number of halogens is 2. The summed E-state index contributed by atoms with van der Waals surface area (Å²) < 4.78 is 1.01. The molecule has 3 aromatic rings. The molecule has 0 spiro atoms. The van der Waals surface area contributed by atoms with Crippen molar-refractivity contribution in [2.45, 2.75) is 0 Å². The molecule has 19 heavy (non-hydrogen) atoms. The van der Waals surface area contributed by atoms with Crippen LogP contribution < -0.4 is 0 Å². The molecular weight excluding hydrogens is 324 g/mol. The van der Waals surface area contributed by atoms with E-state index in [1.54, 1.807) is 12.1 Å². The van der Waals surface area contributed by atoms with Crippen LogP contribution in [0, 0.1) is 0 Å². The van der Waals surface area contributed by atoms with Gasteiger partial charge in [0.05, 0.1) is 0 Å². The third-order valence-corrected chi connectivity index (χ3v) is 4.00. The fourth-order valence-corrected chi connectivity index (χ4v) is 3.01. The Labute approximate surface area is 124 Å². The molecule has 0 unspecified atom stereocenters. The SMILES string of the molecule is Oc1cc(Cl)ccc1-c1cccc2cccc(Br)c12. The summed E-state index contributed by atoms with van der Waals surface area (Å²) in [6.07, 6.45) is 0. The minimum atomic E-state index is 0.191. The van der Waals surface area contributed by atoms with E-state index in [9.17, 15) is 5.11 Å². The van der Waals surface area contributed by atoms with E-state index in [-0.39, 0.29) is 5.75 Å². The maximum absolute atomic E-state index is 10.1. The Morgan fingerprint density at radius 2 is 1.63 bits per heavy atom. The van der Waals surface area contributed by atoms with Crippen LogP contribution in [0.2, 0.25) is 5.02 Å². The molecule has 0 heterocycles. The van der Waals surface area contributed by atoms with Crippen LogP contribution in [0.3, 0.4) is 0 Å². The molecule has 1 nitrogen and oxygen atoms in total. The van der Waals surface area contributed by atoms with E-state index in [2.05, 4.69) is 28.1 Å². The van der Waals surface area contributed by atoms with Gasteiger partial charge >= 0.3 is 0 Å². The first-order valence-electron chi connectivity index (χ1n) is 5.83. The van der Waals surface area contributed by atoms with Crippen LogP contribution in [-0.4, -0.2) is 5.11 Å². The Bertz CT molecular complexity index is 763. The van der Waals surface area contributed by atoms with Crippen LogP contribution in [0.1, 0.15) is 0 Å². The molecule has 0 saturated carbocycles. The van der Waals surface area contributed by atoms with E-state index in [4.69, 9.17) is 11.6 Å². The van der Waals surface area contributed by atoms with Crippen LogP contribution in [-0.2, 0) is 0 Å². The molecule has 94 valence electrons. The second kappa shape index (κ2) is 4.87. The van der Waals surface area contributed by atoms with Gasteiger partial charge in [-0.1, -0.05) is 57.9 Å². The number of rotatable bonds is 1. The first-order valence-corrected chi connectivity index (χ1v) is 7.00. The molecule has 0 amide bonds. The van der Waals surface area contributed by atoms with Crippen molar-refractivity contribution < 1.29 is 5.11 Å². The normalized spacial score (nSPS) is 10.8. The number of phenolic OH excluding ortho intramolecular Hbond substituents is 1. The highest BCUT2D eigenvalue weighted by Crippen LogP contribution is 2.38. The van der Waals surface area contributed by atoms with Crippen molar-refractivity contribution >= 4 is 38.3 Å². The lowest BCUT2D eigenvalue weighted by Crippen LogP contribution is -1.83. The molecule has 3 aromatic carbocycles. The smallest absolute Gasteiger partial charge is 0.124 e. The molecule has 3 rings (SSSR count). The summed E-state index contributed by atoms with van der Waals surface area (Å²) in [5.41, 5.74) is 1.76. The summed E-state index contributed by atoms with van der Waals surface area (Å²) in [6.45, 7) is 0. The van der Waals surface area contributed by atoms with Crippen molar-refractivity contribution in [3.63, 3.8) is 0 Å². The largest absolute Gasteiger partial charge is 0.507 e. The second-order valence-corrected chi connectivity index (χ2v) is 5.60. The van der Waals surface area contributed by atoms with Gasteiger partial charge in [0.25, 0.3) is 0 Å². The fraction of sp³-hybridized carbons (Fsp3) is 0. The number of aromatic hydroxyl groups is 1. The lowest BCUT2D eigenvalue weighted by atomic mass is 9.98. The van der Waals surface area contributed by atoms with Crippen LogP contribution in [0.5, 0.6) is 5.75 Å². The Hall–Kier alpha value is -1.51. The third-order valence-electron chi connectivity index (χ3n) is 3.10. The van der Waals surface area contributed by atoms with Crippen molar-refractivity contribution in [2.75, 3.05) is 0 Å². The van der Waals surface area contributed by atoms with Gasteiger partial charge in [-0.3, -0.25) is 0 Å². The summed E-state index contributed by atoms with van der Waals surface area (Å²) in [4.78, 5) is 0. The Morgan fingerprint density at radius 3 is 2.37 bits per heavy atom. The monoisotopic (exact) mass is 332 g/mol. The number of hydrogen-bond acceptors (Lipinski definition) is 1. The Balaban J connectivity index is 2.37. The number of hydrogen-bond donors (Lipinski definition) is 1. The Morgan fingerprint density at radius 1 is 0.895 bits per heavy atom. The predicted octanol–water partition coefficient (Wildman–Crippen LogP) is 5.63. The fourth-order valence-electron chi connectivity index (χ4n) is 2.25. The Kier molecular flexibility index (Phi) is 3.21. The highest BCUT2D eigenvalue weighted by Gasteiger charge is 2.10. The van der Waals surface area contributed by atoms with E-state index in [0.29, 0.717) is 5.02 Å². The minimum Gasteiger partial charge on any atom is -0.507 e. The number of fused-ring (bicyclic) bond motifs is 1. The summed E-state index contributed by atoms with van der Waals surface area (Å²) in [7, 11) is 0. The summed E-state index contributed by atoms with van der Waals surface area (Å²) in [5.74, 6) is 0.191. The highest BCUT2D eigenvalue weighted by molar-refractivity contribution is 9.10. The van der Waals surface area contributed by atoms with Gasteiger partial charge < -0.3 is 5.11 Å². The zero-order valence-corrected chi connectivity index (χ0v) is 12.2. The van der Waals surface area contributed by atoms with Gasteiger partial charge in [-0.25, -0.2) is 0 Å². The van der Waals surface area contributed by atoms with E-state index in [1.165, 1.54) is 0 Å². The van der Waals surface area contributed by atoms with Crippen LogP contribution in [0.25, 0.3) is 21.9 Å². The van der Waals surface area contributed by atoms with E-state index < -0.39 is 0 Å². The molecule has 0 aliphatic carbocycles. The van der Waals surface area contributed by atoms with Crippen molar-refractivity contribution in [3.8, 4) is 16.9 Å². The van der Waals surface area contributed by atoms with E-state index >= 15 is 0 Å². The predicted molar refractivity (Wildman–Crippen MR) is 83.8 cm³/mol. The molecule has 0 fully saturated rings. The minimum absolute atomic E-state index is 0.191. The van der Waals surface area contributed by atoms with Crippen molar-refractivity contribution in [1.82, 2.24) is 0 Å². The highest BCUT2D eigenvalue weighted by atomic mass is 79.9. The van der Waals surface area contributed by atoms with Crippen LogP contribution >= 0.6 is 27.5 Å². The van der Waals surface area contributed by atoms with Crippen molar-refractivity contribution in [1.29, 1.82) is 0 Å². The number of phenols is 1. The molecule has 0 saturated heterocycles. The summed E-state index contributed by atoms with van der Waals surface area (Å²) >= 11 is 9.46. The average Bonchev–Trinajstić information content (AvgIpc) is 2.38. The quantitative estimate of drug-likeness (QED) is 0.612. The third kappa shape index (κ3) is 2.22. The first-order chi connectivity index (χ1) is 9.16. The second-order valence-electron chi connectivity index (χ2n) is 4.30. The van der Waals surface area contributed by atoms with Crippen LogP contribution in [0.4, 0.5) is 0 Å². The molecule has 0 aliphatic rings. The standard InChI is InChI=1S/C16H10BrClO/c17-14-6-2-4-10-3-1-5-13(16(10)14)12-8-7-11(18)9-15(12)19/h1-9,19H.